The highest BCUT2D eigenvalue weighted by Gasteiger charge is 1.75. The summed E-state index contributed by atoms with van der Waals surface area (Å²) in [7, 11) is 0. The van der Waals surface area contributed by atoms with Gasteiger partial charge in [0, 0.05) is 0 Å². The minimum absolute atomic E-state index is 0. The van der Waals surface area contributed by atoms with Gasteiger partial charge in [0.2, 0.25) is 0 Å². The summed E-state index contributed by atoms with van der Waals surface area (Å²) in [6.07, 6.45) is 1.30. The summed E-state index contributed by atoms with van der Waals surface area (Å²) in [6.45, 7) is 6.90. The molecule has 0 aliphatic carbocycles. The zero-order chi connectivity index (χ0) is 4.83. The van der Waals surface area contributed by atoms with Gasteiger partial charge in [0.1, 0.15) is 0 Å². The van der Waals surface area contributed by atoms with Gasteiger partial charge in [-0.3, -0.25) is 0 Å². The van der Waals surface area contributed by atoms with Crippen molar-refractivity contribution in [1.82, 2.24) is 0 Å². The minimum atomic E-state index is 0. The Morgan fingerprint density at radius 1 is 1.12 bits per heavy atom. The first-order valence-corrected chi connectivity index (χ1v) is 2.73. The number of nitrogens with two attached hydrogens (primary N) is 1. The number of hydrogen-bond acceptors (Lipinski definition) is 0. The van der Waals surface area contributed by atoms with Crippen LogP contribution in [0.15, 0.2) is 0 Å². The molecule has 0 fully saturated rings. The van der Waals surface area contributed by atoms with Crippen molar-refractivity contribution in [2.24, 2.45) is 0 Å². The smallest absolute Gasteiger partial charge is 0.0752 e. The van der Waals surface area contributed by atoms with E-state index in [2.05, 4.69) is 19.2 Å². The van der Waals surface area contributed by atoms with Crippen LogP contribution in [-0.2, 0) is 0 Å². The van der Waals surface area contributed by atoms with Crippen LogP contribution >= 0.6 is 0 Å². The number of quaternary nitrogens is 1. The fourth-order valence-corrected chi connectivity index (χ4v) is 0.408. The highest BCUT2D eigenvalue weighted by molar-refractivity contribution is 4.12. The van der Waals surface area contributed by atoms with Gasteiger partial charge in [-0.25, -0.2) is 0 Å². The summed E-state index contributed by atoms with van der Waals surface area (Å²) >= 11 is 0. The van der Waals surface area contributed by atoms with Gasteiger partial charge in [-0.2, -0.15) is 0 Å². The first kappa shape index (κ1) is 15.7. The largest absolute Gasteiger partial charge is 0.346 e. The van der Waals surface area contributed by atoms with Crippen LogP contribution in [0.2, 0.25) is 0 Å². The van der Waals surface area contributed by atoms with Crippen LogP contribution in [0.1, 0.15) is 35.1 Å². The topological polar surface area (TPSA) is 16.6 Å². The summed E-state index contributed by atoms with van der Waals surface area (Å²) in [5.74, 6) is 0. The third kappa shape index (κ3) is 16.7. The van der Waals surface area contributed by atoms with Crippen molar-refractivity contribution in [2.75, 3.05) is 13.1 Å². The van der Waals surface area contributed by atoms with Crippen molar-refractivity contribution >= 4 is 0 Å². The Morgan fingerprint density at radius 3 is 1.75 bits per heavy atom. The molecule has 0 aromatic carbocycles. The van der Waals surface area contributed by atoms with Crippen molar-refractivity contribution in [3.8, 4) is 0 Å². The van der Waals surface area contributed by atoms with E-state index in [-0.39, 0.29) is 14.9 Å². The van der Waals surface area contributed by atoms with Gasteiger partial charge >= 0.3 is 0 Å². The van der Waals surface area contributed by atoms with Crippen LogP contribution < -0.4 is 5.32 Å². The Kier molecular flexibility index (Phi) is 30.9. The molecular formula is C7H22N+. The average Bonchev–Trinajstić information content (AvgIpc) is 1.61. The van der Waals surface area contributed by atoms with Crippen LogP contribution in [0.3, 0.4) is 0 Å². The van der Waals surface area contributed by atoms with E-state index in [1.165, 1.54) is 19.5 Å². The van der Waals surface area contributed by atoms with Gasteiger partial charge in [0.25, 0.3) is 0 Å². The molecule has 2 N–H and O–H groups in total. The second-order valence-corrected chi connectivity index (χ2v) is 1.49. The zero-order valence-corrected chi connectivity index (χ0v) is 4.70. The van der Waals surface area contributed by atoms with E-state index >= 15 is 0 Å². The maximum atomic E-state index is 2.31. The molecule has 0 saturated carbocycles. The summed E-state index contributed by atoms with van der Waals surface area (Å²) < 4.78 is 0. The monoisotopic (exact) mass is 120 g/mol. The molecule has 0 aromatic heterocycles. The van der Waals surface area contributed by atoms with Gasteiger partial charge < -0.3 is 5.32 Å². The lowest BCUT2D eigenvalue weighted by Gasteiger charge is -1.88. The first-order chi connectivity index (χ1) is 2.91. The molecule has 0 unspecified atom stereocenters. The lowest BCUT2D eigenvalue weighted by atomic mass is 10.5. The highest BCUT2D eigenvalue weighted by Crippen LogP contribution is 1.57. The third-order valence-corrected chi connectivity index (χ3v) is 0.781. The molecule has 0 bridgehead atoms. The average molecular weight is 120 g/mol. The number of rotatable bonds is 3. The molecule has 0 aliphatic heterocycles. The van der Waals surface area contributed by atoms with Crippen molar-refractivity contribution < 1.29 is 5.32 Å². The predicted octanol–water partition coefficient (Wildman–Crippen LogP) is 1.25. The van der Waals surface area contributed by atoms with Crippen LogP contribution in [-0.4, -0.2) is 13.1 Å². The van der Waals surface area contributed by atoms with Gasteiger partial charge in [0.05, 0.1) is 13.1 Å². The van der Waals surface area contributed by atoms with Gasteiger partial charge in [-0.15, -0.1) is 0 Å². The normalized spacial score (nSPS) is 6.75. The van der Waals surface area contributed by atoms with E-state index < -0.39 is 0 Å². The number of hydrogen-bond donors (Lipinski definition) is 1. The van der Waals surface area contributed by atoms with Crippen LogP contribution in [0.25, 0.3) is 0 Å². The molecule has 0 rings (SSSR count). The molecule has 8 heavy (non-hydrogen) atoms. The second kappa shape index (κ2) is 15.8. The fourth-order valence-electron chi connectivity index (χ4n) is 0.408. The lowest BCUT2D eigenvalue weighted by molar-refractivity contribution is -0.651. The van der Waals surface area contributed by atoms with Crippen LogP contribution in [0.4, 0.5) is 0 Å². The molecule has 0 amide bonds. The van der Waals surface area contributed by atoms with Gasteiger partial charge in [0.15, 0.2) is 0 Å². The van der Waals surface area contributed by atoms with E-state index in [9.17, 15) is 0 Å². The Balaban J connectivity index is -0.000000125. The third-order valence-electron chi connectivity index (χ3n) is 0.781. The summed E-state index contributed by atoms with van der Waals surface area (Å²) in [6, 6.07) is 0. The predicted molar refractivity (Wildman–Crippen MR) is 41.1 cm³/mol. The molecule has 1 heteroatoms. The Labute approximate surface area is 54.5 Å². The lowest BCUT2D eigenvalue weighted by Crippen LogP contribution is -2.83. The maximum absolute atomic E-state index is 2.31. The Hall–Kier alpha value is -0.0400. The molecule has 0 atom stereocenters. The highest BCUT2D eigenvalue weighted by atomic mass is 14.8. The second-order valence-electron chi connectivity index (χ2n) is 1.49. The maximum Gasteiger partial charge on any atom is 0.0752 e. The van der Waals surface area contributed by atoms with Crippen molar-refractivity contribution in [3.63, 3.8) is 0 Å². The molecule has 54 valence electrons. The van der Waals surface area contributed by atoms with E-state index in [0.717, 1.165) is 0 Å². The molecule has 0 saturated heterocycles. The molecule has 0 aromatic rings. The molecule has 1 nitrogen and oxygen atoms in total. The summed E-state index contributed by atoms with van der Waals surface area (Å²) in [5.41, 5.74) is 0. The molecule has 0 aliphatic rings. The van der Waals surface area contributed by atoms with E-state index in [0.29, 0.717) is 0 Å². The fraction of sp³-hybridized carbons (Fsp3) is 1.00. The molecule has 0 radical (unpaired) electrons. The SMILES string of the molecule is C.C.CCC[NH2+]CC. The minimum Gasteiger partial charge on any atom is -0.346 e. The van der Waals surface area contributed by atoms with Crippen molar-refractivity contribution in [2.45, 2.75) is 35.1 Å². The van der Waals surface area contributed by atoms with Crippen LogP contribution in [0, 0.1) is 0 Å². The van der Waals surface area contributed by atoms with E-state index in [1.54, 1.807) is 0 Å². The summed E-state index contributed by atoms with van der Waals surface area (Å²) in [4.78, 5) is 0. The van der Waals surface area contributed by atoms with E-state index in [1.807, 2.05) is 0 Å². The van der Waals surface area contributed by atoms with Crippen molar-refractivity contribution in [1.29, 1.82) is 0 Å². The molecular weight excluding hydrogens is 98.1 g/mol. The molecule has 0 spiro atoms. The van der Waals surface area contributed by atoms with Crippen LogP contribution in [0.5, 0.6) is 0 Å². The van der Waals surface area contributed by atoms with E-state index in [4.69, 9.17) is 0 Å². The molecule has 0 heterocycles. The Morgan fingerprint density at radius 2 is 1.62 bits per heavy atom. The Bertz CT molecular complexity index is 16.3. The quantitative estimate of drug-likeness (QED) is 0.540. The van der Waals surface area contributed by atoms with Gasteiger partial charge in [-0.05, 0) is 13.3 Å². The van der Waals surface area contributed by atoms with Crippen molar-refractivity contribution in [3.05, 3.63) is 0 Å². The zero-order valence-electron chi connectivity index (χ0n) is 4.70. The first-order valence-electron chi connectivity index (χ1n) is 2.73. The standard InChI is InChI=1S/C5H13N.2CH4/c1-3-5-6-4-2;;/h6H,3-5H2,1-2H3;2*1H4/p+1. The summed E-state index contributed by atoms with van der Waals surface area (Å²) in [5, 5.41) is 2.31. The van der Waals surface area contributed by atoms with Gasteiger partial charge in [-0.1, -0.05) is 21.8 Å².